The molecule has 3 aromatic rings. The maximum absolute atomic E-state index is 12.2. The predicted octanol–water partition coefficient (Wildman–Crippen LogP) is 1.63. The standard InChI is InChI=1S/C13H10N2OSe/c14-9-4-3-5-10(8-9)15-13(16)11-6-1-2-7-12(11)17-15/h1-8H,14H2. The van der Waals surface area contributed by atoms with E-state index in [2.05, 4.69) is 0 Å². The zero-order chi connectivity index (χ0) is 11.8. The number of benzene rings is 2. The van der Waals surface area contributed by atoms with Crippen LogP contribution in [0.15, 0.2) is 53.3 Å². The van der Waals surface area contributed by atoms with Gasteiger partial charge in [-0.1, -0.05) is 0 Å². The first kappa shape index (κ1) is 10.4. The Bertz CT molecular complexity index is 742. The number of rotatable bonds is 1. The van der Waals surface area contributed by atoms with Crippen LogP contribution in [0.1, 0.15) is 0 Å². The molecule has 1 aromatic heterocycles. The van der Waals surface area contributed by atoms with Crippen molar-refractivity contribution in [1.29, 1.82) is 0 Å². The normalized spacial score (nSPS) is 10.8. The van der Waals surface area contributed by atoms with Crippen molar-refractivity contribution in [3.05, 3.63) is 58.9 Å². The summed E-state index contributed by atoms with van der Waals surface area (Å²) < 4.78 is 2.95. The molecule has 0 radical (unpaired) electrons. The number of nitrogen functional groups attached to an aromatic ring is 1. The first-order valence-corrected chi connectivity index (χ1v) is 6.85. The topological polar surface area (TPSA) is 48.0 Å². The van der Waals surface area contributed by atoms with Gasteiger partial charge in [0.25, 0.3) is 0 Å². The van der Waals surface area contributed by atoms with Gasteiger partial charge in [0.2, 0.25) is 0 Å². The Kier molecular flexibility index (Phi) is 2.39. The second-order valence-electron chi connectivity index (χ2n) is 3.78. The molecule has 0 amide bonds. The van der Waals surface area contributed by atoms with Gasteiger partial charge in [0.1, 0.15) is 0 Å². The summed E-state index contributed by atoms with van der Waals surface area (Å²) in [4.78, 5) is 12.2. The van der Waals surface area contributed by atoms with Crippen LogP contribution in [0.3, 0.4) is 0 Å². The van der Waals surface area contributed by atoms with E-state index >= 15 is 0 Å². The molecule has 0 spiro atoms. The van der Waals surface area contributed by atoms with Crippen LogP contribution in [0, 0.1) is 0 Å². The molecule has 2 aromatic carbocycles. The Labute approximate surface area is 104 Å². The molecule has 0 unspecified atom stereocenters. The molecule has 1 heterocycles. The molecule has 17 heavy (non-hydrogen) atoms. The maximum atomic E-state index is 12.2. The van der Waals surface area contributed by atoms with E-state index < -0.39 is 0 Å². The van der Waals surface area contributed by atoms with Gasteiger partial charge in [0, 0.05) is 0 Å². The van der Waals surface area contributed by atoms with Gasteiger partial charge in [-0.3, -0.25) is 0 Å². The van der Waals surface area contributed by atoms with Gasteiger partial charge in [-0.05, 0) is 0 Å². The Hall–Kier alpha value is -1.77. The van der Waals surface area contributed by atoms with Gasteiger partial charge in [-0.15, -0.1) is 0 Å². The number of aromatic nitrogens is 1. The van der Waals surface area contributed by atoms with Crippen LogP contribution in [-0.2, 0) is 0 Å². The molecular formula is C13H10N2OSe. The van der Waals surface area contributed by atoms with Gasteiger partial charge in [-0.25, -0.2) is 0 Å². The average Bonchev–Trinajstić information content (AvgIpc) is 2.68. The molecule has 0 aliphatic carbocycles. The molecule has 4 heteroatoms. The van der Waals surface area contributed by atoms with Crippen molar-refractivity contribution in [1.82, 2.24) is 3.56 Å². The summed E-state index contributed by atoms with van der Waals surface area (Å²) in [5.41, 5.74) is 7.38. The second kappa shape index (κ2) is 3.91. The molecule has 0 bridgehead atoms. The third kappa shape index (κ3) is 1.71. The minimum absolute atomic E-state index is 0.0153. The van der Waals surface area contributed by atoms with Crippen molar-refractivity contribution in [2.45, 2.75) is 0 Å². The van der Waals surface area contributed by atoms with Gasteiger partial charge < -0.3 is 0 Å². The molecule has 2 N–H and O–H groups in total. The van der Waals surface area contributed by atoms with E-state index in [1.54, 1.807) is 0 Å². The Morgan fingerprint density at radius 1 is 1.06 bits per heavy atom. The second-order valence-corrected chi connectivity index (χ2v) is 5.85. The number of nitrogens with zero attached hydrogens (tertiary/aromatic N) is 1. The van der Waals surface area contributed by atoms with E-state index in [-0.39, 0.29) is 20.3 Å². The van der Waals surface area contributed by atoms with E-state index in [0.717, 1.165) is 15.3 Å². The van der Waals surface area contributed by atoms with Crippen LogP contribution in [0.25, 0.3) is 15.3 Å². The fourth-order valence-corrected chi connectivity index (χ4v) is 3.87. The SMILES string of the molecule is Nc1cccc(-n2[se]c3ccccc3c2=O)c1. The van der Waals surface area contributed by atoms with Crippen LogP contribution in [0.4, 0.5) is 5.69 Å². The predicted molar refractivity (Wildman–Crippen MR) is 70.9 cm³/mol. The zero-order valence-electron chi connectivity index (χ0n) is 8.96. The molecule has 0 saturated heterocycles. The Morgan fingerprint density at radius 2 is 1.88 bits per heavy atom. The van der Waals surface area contributed by atoms with Crippen molar-refractivity contribution in [3.8, 4) is 5.69 Å². The quantitative estimate of drug-likeness (QED) is 0.547. The van der Waals surface area contributed by atoms with Crippen LogP contribution in [-0.4, -0.2) is 18.3 Å². The number of hydrogen-bond acceptors (Lipinski definition) is 2. The number of nitrogens with two attached hydrogens (primary N) is 1. The first-order valence-electron chi connectivity index (χ1n) is 5.23. The number of anilines is 1. The van der Waals surface area contributed by atoms with E-state index in [4.69, 9.17) is 5.73 Å². The summed E-state index contributed by atoms with van der Waals surface area (Å²) in [6, 6.07) is 15.2. The van der Waals surface area contributed by atoms with Crippen molar-refractivity contribution >= 4 is 30.1 Å². The van der Waals surface area contributed by atoms with Crippen molar-refractivity contribution in [3.63, 3.8) is 0 Å². The number of hydrogen-bond donors (Lipinski definition) is 1. The molecular weight excluding hydrogens is 279 g/mol. The molecule has 84 valence electrons. The molecule has 0 aliphatic heterocycles. The third-order valence-corrected chi connectivity index (χ3v) is 4.93. The summed E-state index contributed by atoms with van der Waals surface area (Å²) in [6.07, 6.45) is 0. The van der Waals surface area contributed by atoms with E-state index in [1.807, 2.05) is 52.1 Å². The summed E-state index contributed by atoms with van der Waals surface area (Å²) in [7, 11) is 0. The molecule has 0 saturated carbocycles. The third-order valence-electron chi connectivity index (χ3n) is 2.60. The fourth-order valence-electron chi connectivity index (χ4n) is 1.79. The van der Waals surface area contributed by atoms with Gasteiger partial charge in [0.15, 0.2) is 0 Å². The van der Waals surface area contributed by atoms with E-state index in [1.165, 1.54) is 0 Å². The molecule has 0 fully saturated rings. The van der Waals surface area contributed by atoms with Gasteiger partial charge in [0.05, 0.1) is 0 Å². The van der Waals surface area contributed by atoms with Crippen molar-refractivity contribution < 1.29 is 0 Å². The van der Waals surface area contributed by atoms with Gasteiger partial charge in [-0.2, -0.15) is 0 Å². The van der Waals surface area contributed by atoms with E-state index in [0.29, 0.717) is 5.69 Å². The van der Waals surface area contributed by atoms with Crippen LogP contribution >= 0.6 is 0 Å². The summed E-state index contributed by atoms with van der Waals surface area (Å²) >= 11 is 0.0153. The van der Waals surface area contributed by atoms with Crippen LogP contribution in [0.2, 0.25) is 0 Å². The molecule has 3 nitrogen and oxygen atoms in total. The Morgan fingerprint density at radius 3 is 2.65 bits per heavy atom. The van der Waals surface area contributed by atoms with Crippen LogP contribution < -0.4 is 11.3 Å². The summed E-state index contributed by atoms with van der Waals surface area (Å²) in [5.74, 6) is 0. The average molecular weight is 289 g/mol. The summed E-state index contributed by atoms with van der Waals surface area (Å²) in [6.45, 7) is 0. The molecule has 0 aliphatic rings. The van der Waals surface area contributed by atoms with Crippen molar-refractivity contribution in [2.24, 2.45) is 0 Å². The number of fused-ring (bicyclic) bond motifs is 1. The summed E-state index contributed by atoms with van der Waals surface area (Å²) in [5, 5.41) is 0.815. The minimum atomic E-state index is 0.0153. The Balaban J connectivity index is 2.31. The fraction of sp³-hybridized carbons (Fsp3) is 0. The van der Waals surface area contributed by atoms with Crippen molar-refractivity contribution in [2.75, 3.05) is 5.73 Å². The molecule has 0 atom stereocenters. The van der Waals surface area contributed by atoms with Gasteiger partial charge >= 0.3 is 104 Å². The molecule has 3 rings (SSSR count). The monoisotopic (exact) mass is 290 g/mol. The zero-order valence-corrected chi connectivity index (χ0v) is 10.7. The first-order chi connectivity index (χ1) is 8.25. The van der Waals surface area contributed by atoms with Crippen LogP contribution in [0.5, 0.6) is 0 Å². The van der Waals surface area contributed by atoms with E-state index in [9.17, 15) is 4.79 Å².